The molecule has 0 saturated carbocycles. The molecule has 1 aromatic rings. The molecule has 0 unspecified atom stereocenters. The summed E-state index contributed by atoms with van der Waals surface area (Å²) >= 11 is 1.41. The fourth-order valence-corrected chi connectivity index (χ4v) is 3.37. The van der Waals surface area contributed by atoms with Crippen molar-refractivity contribution in [1.82, 2.24) is 4.90 Å². The summed E-state index contributed by atoms with van der Waals surface area (Å²) in [6.07, 6.45) is 3.55. The number of esters is 1. The van der Waals surface area contributed by atoms with Crippen LogP contribution in [-0.2, 0) is 9.53 Å². The highest BCUT2D eigenvalue weighted by Gasteiger charge is 2.19. The van der Waals surface area contributed by atoms with Gasteiger partial charge in [0, 0.05) is 4.88 Å². The first-order chi connectivity index (χ1) is 10.1. The predicted molar refractivity (Wildman–Crippen MR) is 83.9 cm³/mol. The standard InChI is InChI=1S/C15H22N2O3S/c1-3-20-15(19)12-9-11(2)21-14(12)16-13(18)10-17-7-5-4-6-8-17/h9H,3-8,10H2,1-2H3,(H,16,18). The van der Waals surface area contributed by atoms with Crippen molar-refractivity contribution in [2.24, 2.45) is 0 Å². The van der Waals surface area contributed by atoms with E-state index in [0.717, 1.165) is 30.8 Å². The van der Waals surface area contributed by atoms with Crippen LogP contribution in [0.1, 0.15) is 41.4 Å². The quantitative estimate of drug-likeness (QED) is 0.850. The van der Waals surface area contributed by atoms with Crippen molar-refractivity contribution in [3.63, 3.8) is 0 Å². The third kappa shape index (κ3) is 4.54. The molecule has 1 N–H and O–H groups in total. The number of aryl methyl sites for hydroxylation is 1. The van der Waals surface area contributed by atoms with E-state index in [1.807, 2.05) is 6.92 Å². The number of likely N-dealkylation sites (tertiary alicyclic amines) is 1. The lowest BCUT2D eigenvalue weighted by atomic mass is 10.1. The van der Waals surface area contributed by atoms with Gasteiger partial charge in [0.2, 0.25) is 5.91 Å². The minimum absolute atomic E-state index is 0.0655. The minimum atomic E-state index is -0.380. The summed E-state index contributed by atoms with van der Waals surface area (Å²) in [5, 5.41) is 3.45. The molecule has 0 aromatic carbocycles. The Bertz CT molecular complexity index is 507. The normalized spacial score (nSPS) is 15.7. The molecule has 1 fully saturated rings. The number of thiophene rings is 1. The van der Waals surface area contributed by atoms with Gasteiger partial charge in [-0.15, -0.1) is 11.3 Å². The molecule has 1 saturated heterocycles. The van der Waals surface area contributed by atoms with Gasteiger partial charge < -0.3 is 10.1 Å². The van der Waals surface area contributed by atoms with Crippen molar-refractivity contribution < 1.29 is 14.3 Å². The van der Waals surface area contributed by atoms with E-state index in [0.29, 0.717) is 23.7 Å². The molecule has 21 heavy (non-hydrogen) atoms. The second-order valence-electron chi connectivity index (χ2n) is 5.21. The molecule has 0 atom stereocenters. The van der Waals surface area contributed by atoms with Crippen LogP contribution in [0.5, 0.6) is 0 Å². The number of hydrogen-bond donors (Lipinski definition) is 1. The highest BCUT2D eigenvalue weighted by atomic mass is 32.1. The molecule has 1 aliphatic rings. The lowest BCUT2D eigenvalue weighted by Gasteiger charge is -2.25. The van der Waals surface area contributed by atoms with Crippen LogP contribution in [-0.4, -0.2) is 43.0 Å². The zero-order valence-electron chi connectivity index (χ0n) is 12.6. The van der Waals surface area contributed by atoms with Gasteiger partial charge >= 0.3 is 5.97 Å². The topological polar surface area (TPSA) is 58.6 Å². The van der Waals surface area contributed by atoms with E-state index in [9.17, 15) is 9.59 Å². The van der Waals surface area contributed by atoms with Crippen LogP contribution < -0.4 is 5.32 Å². The maximum absolute atomic E-state index is 12.1. The minimum Gasteiger partial charge on any atom is -0.462 e. The molecule has 0 aliphatic carbocycles. The summed E-state index contributed by atoms with van der Waals surface area (Å²) in [4.78, 5) is 27.1. The van der Waals surface area contributed by atoms with Gasteiger partial charge in [0.25, 0.3) is 0 Å². The summed E-state index contributed by atoms with van der Waals surface area (Å²) in [5.41, 5.74) is 0.450. The largest absolute Gasteiger partial charge is 0.462 e. The lowest BCUT2D eigenvalue weighted by molar-refractivity contribution is -0.117. The molecular weight excluding hydrogens is 288 g/mol. The average molecular weight is 310 g/mol. The Morgan fingerprint density at radius 3 is 2.71 bits per heavy atom. The van der Waals surface area contributed by atoms with Gasteiger partial charge in [-0.05, 0) is 45.8 Å². The van der Waals surface area contributed by atoms with Crippen LogP contribution in [0.4, 0.5) is 5.00 Å². The number of carbonyl (C=O) groups excluding carboxylic acids is 2. The summed E-state index contributed by atoms with van der Waals surface area (Å²) in [7, 11) is 0. The number of anilines is 1. The van der Waals surface area contributed by atoms with E-state index in [2.05, 4.69) is 10.2 Å². The van der Waals surface area contributed by atoms with Gasteiger partial charge in [-0.2, -0.15) is 0 Å². The van der Waals surface area contributed by atoms with Crippen molar-refractivity contribution in [1.29, 1.82) is 0 Å². The number of nitrogens with zero attached hydrogens (tertiary/aromatic N) is 1. The number of piperidine rings is 1. The Morgan fingerprint density at radius 2 is 2.05 bits per heavy atom. The van der Waals surface area contributed by atoms with E-state index in [-0.39, 0.29) is 11.9 Å². The summed E-state index contributed by atoms with van der Waals surface area (Å²) in [5.74, 6) is -0.445. The SMILES string of the molecule is CCOC(=O)c1cc(C)sc1NC(=O)CN1CCCCC1. The third-order valence-electron chi connectivity index (χ3n) is 3.42. The van der Waals surface area contributed by atoms with E-state index in [4.69, 9.17) is 4.74 Å². The van der Waals surface area contributed by atoms with Crippen molar-refractivity contribution >= 4 is 28.2 Å². The first-order valence-electron chi connectivity index (χ1n) is 7.40. The molecule has 5 nitrogen and oxygen atoms in total. The number of nitrogens with one attached hydrogen (secondary N) is 1. The monoisotopic (exact) mass is 310 g/mol. The van der Waals surface area contributed by atoms with Crippen LogP contribution in [0, 0.1) is 6.92 Å². The van der Waals surface area contributed by atoms with Gasteiger partial charge in [-0.3, -0.25) is 9.69 Å². The molecule has 1 amide bonds. The van der Waals surface area contributed by atoms with Gasteiger partial charge in [0.1, 0.15) is 5.00 Å². The lowest BCUT2D eigenvalue weighted by Crippen LogP contribution is -2.36. The van der Waals surface area contributed by atoms with Crippen LogP contribution >= 0.6 is 11.3 Å². The second-order valence-corrected chi connectivity index (χ2v) is 6.46. The summed E-state index contributed by atoms with van der Waals surface area (Å²) < 4.78 is 5.02. The van der Waals surface area contributed by atoms with Crippen LogP contribution in [0.25, 0.3) is 0 Å². The fourth-order valence-electron chi connectivity index (χ4n) is 2.45. The molecule has 2 heterocycles. The summed E-state index contributed by atoms with van der Waals surface area (Å²) in [6, 6.07) is 1.76. The first kappa shape index (κ1) is 16.0. The number of carbonyl (C=O) groups is 2. The summed E-state index contributed by atoms with van der Waals surface area (Å²) in [6.45, 7) is 6.34. The third-order valence-corrected chi connectivity index (χ3v) is 4.39. The smallest absolute Gasteiger partial charge is 0.341 e. The molecule has 0 bridgehead atoms. The Kier molecular flexibility index (Phi) is 5.76. The molecule has 1 aromatic heterocycles. The van der Waals surface area contributed by atoms with E-state index < -0.39 is 0 Å². The van der Waals surface area contributed by atoms with E-state index in [1.165, 1.54) is 17.8 Å². The average Bonchev–Trinajstić information content (AvgIpc) is 2.81. The Hall–Kier alpha value is -1.40. The zero-order chi connectivity index (χ0) is 15.2. The van der Waals surface area contributed by atoms with Gasteiger partial charge in [0.05, 0.1) is 18.7 Å². The first-order valence-corrected chi connectivity index (χ1v) is 8.21. The molecule has 116 valence electrons. The number of hydrogen-bond acceptors (Lipinski definition) is 5. The van der Waals surface area contributed by atoms with E-state index >= 15 is 0 Å². The Labute approximate surface area is 129 Å². The Morgan fingerprint density at radius 1 is 1.33 bits per heavy atom. The molecule has 0 radical (unpaired) electrons. The molecule has 1 aliphatic heterocycles. The second kappa shape index (κ2) is 7.56. The molecule has 0 spiro atoms. The Balaban J connectivity index is 1.98. The predicted octanol–water partition coefficient (Wildman–Crippen LogP) is 2.66. The molecule has 2 rings (SSSR count). The number of rotatable bonds is 5. The van der Waals surface area contributed by atoms with Gasteiger partial charge in [0.15, 0.2) is 0 Å². The van der Waals surface area contributed by atoms with Crippen LogP contribution in [0.2, 0.25) is 0 Å². The van der Waals surface area contributed by atoms with E-state index in [1.54, 1.807) is 13.0 Å². The molecular formula is C15H22N2O3S. The number of ether oxygens (including phenoxy) is 1. The fraction of sp³-hybridized carbons (Fsp3) is 0.600. The molecule has 6 heteroatoms. The maximum atomic E-state index is 12.1. The van der Waals surface area contributed by atoms with Gasteiger partial charge in [-0.25, -0.2) is 4.79 Å². The van der Waals surface area contributed by atoms with Crippen molar-refractivity contribution in [3.05, 3.63) is 16.5 Å². The maximum Gasteiger partial charge on any atom is 0.341 e. The zero-order valence-corrected chi connectivity index (χ0v) is 13.4. The van der Waals surface area contributed by atoms with Crippen LogP contribution in [0.15, 0.2) is 6.07 Å². The van der Waals surface area contributed by atoms with Crippen LogP contribution in [0.3, 0.4) is 0 Å². The van der Waals surface area contributed by atoms with Crippen molar-refractivity contribution in [2.75, 3.05) is 31.6 Å². The van der Waals surface area contributed by atoms with Crippen molar-refractivity contribution in [3.8, 4) is 0 Å². The van der Waals surface area contributed by atoms with Crippen molar-refractivity contribution in [2.45, 2.75) is 33.1 Å². The highest BCUT2D eigenvalue weighted by molar-refractivity contribution is 7.16. The number of amides is 1. The highest BCUT2D eigenvalue weighted by Crippen LogP contribution is 2.28. The van der Waals surface area contributed by atoms with Gasteiger partial charge in [-0.1, -0.05) is 6.42 Å².